The lowest BCUT2D eigenvalue weighted by Crippen LogP contribution is -1.99. The second-order valence-corrected chi connectivity index (χ2v) is 7.01. The molecule has 0 aliphatic heterocycles. The molecule has 0 N–H and O–H groups in total. The van der Waals surface area contributed by atoms with E-state index in [2.05, 4.69) is 27.0 Å². The molecule has 0 aliphatic rings. The van der Waals surface area contributed by atoms with Gasteiger partial charge < -0.3 is 4.74 Å². The predicted octanol–water partition coefficient (Wildman–Crippen LogP) is 5.69. The molecule has 0 fully saturated rings. The number of nitrogens with zero attached hydrogens (tertiary/aromatic N) is 1. The van der Waals surface area contributed by atoms with Crippen LogP contribution in [0.3, 0.4) is 0 Å². The van der Waals surface area contributed by atoms with E-state index >= 15 is 0 Å². The quantitative estimate of drug-likeness (QED) is 0.541. The number of rotatable bonds is 4. The van der Waals surface area contributed by atoms with Crippen molar-refractivity contribution < 1.29 is 4.74 Å². The van der Waals surface area contributed by atoms with Gasteiger partial charge in [0.25, 0.3) is 0 Å². The second-order valence-electron chi connectivity index (χ2n) is 4.71. The van der Waals surface area contributed by atoms with Crippen LogP contribution in [0.25, 0.3) is 10.2 Å². The number of alkyl halides is 1. The molecule has 5 heteroatoms. The Hall–Kier alpha value is -1.10. The molecule has 0 aliphatic carbocycles. The molecular weight excluding hydrogens is 370 g/mol. The van der Waals surface area contributed by atoms with Gasteiger partial charge in [-0.25, -0.2) is 4.98 Å². The Morgan fingerprint density at radius 3 is 2.86 bits per heavy atom. The highest BCUT2D eigenvalue weighted by Crippen LogP contribution is 2.31. The van der Waals surface area contributed by atoms with Crippen molar-refractivity contribution in [3.8, 4) is 5.75 Å². The lowest BCUT2D eigenvalue weighted by molar-refractivity contribution is 0.301. The topological polar surface area (TPSA) is 22.1 Å². The maximum absolute atomic E-state index is 6.01. The number of aryl methyl sites for hydroxylation is 1. The first kappa shape index (κ1) is 14.8. The van der Waals surface area contributed by atoms with E-state index in [1.807, 2.05) is 37.3 Å². The zero-order valence-corrected chi connectivity index (χ0v) is 14.6. The number of fused-ring (bicyclic) bond motifs is 1. The van der Waals surface area contributed by atoms with Crippen LogP contribution < -0.4 is 4.74 Å². The van der Waals surface area contributed by atoms with E-state index < -0.39 is 0 Å². The summed E-state index contributed by atoms with van der Waals surface area (Å²) in [6.07, 6.45) is 0. The third-order valence-electron chi connectivity index (χ3n) is 3.14. The lowest BCUT2D eigenvalue weighted by Gasteiger charge is -2.12. The maximum Gasteiger partial charge on any atom is 0.140 e. The summed E-state index contributed by atoms with van der Waals surface area (Å²) in [6, 6.07) is 12.1. The van der Waals surface area contributed by atoms with Gasteiger partial charge in [0.2, 0.25) is 0 Å². The number of benzene rings is 2. The molecular formula is C16H13BrClNOS. The number of hydrogen-bond acceptors (Lipinski definition) is 3. The fourth-order valence-corrected chi connectivity index (χ4v) is 3.92. The van der Waals surface area contributed by atoms with Crippen LogP contribution in [0, 0.1) is 6.92 Å². The molecule has 2 nitrogen and oxygen atoms in total. The van der Waals surface area contributed by atoms with E-state index in [9.17, 15) is 0 Å². The standard InChI is InChI=1S/C16H13BrClNOS/c1-10-6-12(17)7-11(8-18)16(10)20-9-15-19-13-4-2-3-5-14(13)21-15/h2-7H,8-9H2,1H3. The van der Waals surface area contributed by atoms with Crippen LogP contribution in [0.5, 0.6) is 5.75 Å². The van der Waals surface area contributed by atoms with E-state index in [-0.39, 0.29) is 0 Å². The fourth-order valence-electron chi connectivity index (χ4n) is 2.22. The van der Waals surface area contributed by atoms with Crippen molar-refractivity contribution in [1.29, 1.82) is 0 Å². The number of halogens is 2. The molecule has 108 valence electrons. The SMILES string of the molecule is Cc1cc(Br)cc(CCl)c1OCc1nc2ccccc2s1. The summed E-state index contributed by atoms with van der Waals surface area (Å²) < 4.78 is 8.17. The minimum absolute atomic E-state index is 0.426. The highest BCUT2D eigenvalue weighted by atomic mass is 79.9. The van der Waals surface area contributed by atoms with Gasteiger partial charge in [0, 0.05) is 10.0 Å². The molecule has 3 aromatic rings. The minimum Gasteiger partial charge on any atom is -0.486 e. The van der Waals surface area contributed by atoms with E-state index in [4.69, 9.17) is 16.3 Å². The normalized spacial score (nSPS) is 11.0. The summed E-state index contributed by atoms with van der Waals surface area (Å²) in [5.41, 5.74) is 3.08. The number of hydrogen-bond donors (Lipinski definition) is 0. The Morgan fingerprint density at radius 2 is 2.10 bits per heavy atom. The summed E-state index contributed by atoms with van der Waals surface area (Å²) in [4.78, 5) is 4.58. The molecule has 0 radical (unpaired) electrons. The van der Waals surface area contributed by atoms with Crippen molar-refractivity contribution in [3.05, 3.63) is 57.0 Å². The molecule has 1 aromatic heterocycles. The van der Waals surface area contributed by atoms with Crippen LogP contribution in [0.4, 0.5) is 0 Å². The van der Waals surface area contributed by atoms with E-state index in [1.165, 1.54) is 4.70 Å². The largest absolute Gasteiger partial charge is 0.486 e. The van der Waals surface area contributed by atoms with Crippen molar-refractivity contribution in [2.24, 2.45) is 0 Å². The van der Waals surface area contributed by atoms with Crippen LogP contribution in [-0.4, -0.2) is 4.98 Å². The molecule has 21 heavy (non-hydrogen) atoms. The smallest absolute Gasteiger partial charge is 0.140 e. The first-order valence-electron chi connectivity index (χ1n) is 6.49. The van der Waals surface area contributed by atoms with Crippen LogP contribution in [0.1, 0.15) is 16.1 Å². The molecule has 0 unspecified atom stereocenters. The van der Waals surface area contributed by atoms with Gasteiger partial charge in [-0.1, -0.05) is 28.1 Å². The minimum atomic E-state index is 0.426. The van der Waals surface area contributed by atoms with E-state index in [0.717, 1.165) is 31.9 Å². The Labute approximate surface area is 140 Å². The number of thiazole rings is 1. The average molecular weight is 383 g/mol. The molecule has 2 aromatic carbocycles. The van der Waals surface area contributed by atoms with Crippen LogP contribution >= 0.6 is 38.9 Å². The Morgan fingerprint density at radius 1 is 1.29 bits per heavy atom. The first-order chi connectivity index (χ1) is 10.2. The molecule has 1 heterocycles. The van der Waals surface area contributed by atoms with Crippen molar-refractivity contribution >= 4 is 49.1 Å². The summed E-state index contributed by atoms with van der Waals surface area (Å²) >= 11 is 11.2. The monoisotopic (exact) mass is 381 g/mol. The Bertz CT molecular complexity index is 754. The molecule has 0 spiro atoms. The zero-order valence-electron chi connectivity index (χ0n) is 11.4. The van der Waals surface area contributed by atoms with Crippen LogP contribution in [0.2, 0.25) is 0 Å². The van der Waals surface area contributed by atoms with Crippen molar-refractivity contribution in [2.75, 3.05) is 0 Å². The molecule has 0 atom stereocenters. The maximum atomic E-state index is 6.01. The van der Waals surface area contributed by atoms with Gasteiger partial charge in [-0.2, -0.15) is 0 Å². The van der Waals surface area contributed by atoms with Gasteiger partial charge in [-0.15, -0.1) is 22.9 Å². The lowest BCUT2D eigenvalue weighted by atomic mass is 10.1. The highest BCUT2D eigenvalue weighted by Gasteiger charge is 2.10. The van der Waals surface area contributed by atoms with Gasteiger partial charge >= 0.3 is 0 Å². The third-order valence-corrected chi connectivity index (χ3v) is 4.89. The number of ether oxygens (including phenoxy) is 1. The van der Waals surface area contributed by atoms with Gasteiger partial charge in [-0.3, -0.25) is 0 Å². The molecule has 0 amide bonds. The van der Waals surface area contributed by atoms with Crippen molar-refractivity contribution in [3.63, 3.8) is 0 Å². The molecule has 3 rings (SSSR count). The molecule has 0 saturated carbocycles. The highest BCUT2D eigenvalue weighted by molar-refractivity contribution is 9.10. The van der Waals surface area contributed by atoms with Gasteiger partial charge in [0.05, 0.1) is 16.1 Å². The Kier molecular flexibility index (Phi) is 4.48. The van der Waals surface area contributed by atoms with Crippen LogP contribution in [0.15, 0.2) is 40.9 Å². The Balaban J connectivity index is 1.84. The zero-order chi connectivity index (χ0) is 14.8. The summed E-state index contributed by atoms with van der Waals surface area (Å²) in [7, 11) is 0. The van der Waals surface area contributed by atoms with Gasteiger partial charge in [0.15, 0.2) is 0 Å². The van der Waals surface area contributed by atoms with Crippen LogP contribution in [-0.2, 0) is 12.5 Å². The summed E-state index contributed by atoms with van der Waals surface area (Å²) in [5.74, 6) is 1.28. The fraction of sp³-hybridized carbons (Fsp3) is 0.188. The van der Waals surface area contributed by atoms with Gasteiger partial charge in [0.1, 0.15) is 17.4 Å². The van der Waals surface area contributed by atoms with Crippen molar-refractivity contribution in [1.82, 2.24) is 4.98 Å². The predicted molar refractivity (Wildman–Crippen MR) is 92.4 cm³/mol. The average Bonchev–Trinajstić information content (AvgIpc) is 2.88. The summed E-state index contributed by atoms with van der Waals surface area (Å²) in [6.45, 7) is 2.49. The van der Waals surface area contributed by atoms with Crippen molar-refractivity contribution in [2.45, 2.75) is 19.4 Å². The van der Waals surface area contributed by atoms with E-state index in [0.29, 0.717) is 12.5 Å². The number of aromatic nitrogens is 1. The first-order valence-corrected chi connectivity index (χ1v) is 8.64. The number of para-hydroxylation sites is 1. The molecule has 0 saturated heterocycles. The second kappa shape index (κ2) is 6.34. The third kappa shape index (κ3) is 3.23. The molecule has 0 bridgehead atoms. The van der Waals surface area contributed by atoms with E-state index in [1.54, 1.807) is 11.3 Å². The van der Waals surface area contributed by atoms with Gasteiger partial charge in [-0.05, 0) is 36.8 Å². The summed E-state index contributed by atoms with van der Waals surface area (Å²) in [5, 5.41) is 0.971.